The van der Waals surface area contributed by atoms with Crippen molar-refractivity contribution in [2.45, 2.75) is 26.0 Å². The minimum atomic E-state index is -0.614. The molecule has 0 radical (unpaired) electrons. The monoisotopic (exact) mass is 311 g/mol. The first-order valence-corrected chi connectivity index (χ1v) is 6.25. The zero-order valence-corrected chi connectivity index (χ0v) is 11.8. The summed E-state index contributed by atoms with van der Waals surface area (Å²) >= 11 is 3.37. The third-order valence-corrected chi connectivity index (χ3v) is 2.70. The van der Waals surface area contributed by atoms with Gasteiger partial charge in [0.15, 0.2) is 12.4 Å². The number of hydrogen-bond acceptors (Lipinski definition) is 5. The van der Waals surface area contributed by atoms with Gasteiger partial charge in [0, 0.05) is 4.47 Å². The van der Waals surface area contributed by atoms with E-state index in [-0.39, 0.29) is 6.61 Å². The quantitative estimate of drug-likeness (QED) is 0.939. The number of nitrogens with zero attached hydrogens (tertiary/aromatic N) is 2. The average Bonchev–Trinajstić information content (AvgIpc) is 2.74. The highest BCUT2D eigenvalue weighted by molar-refractivity contribution is 9.10. The van der Waals surface area contributed by atoms with Crippen LogP contribution in [0.4, 0.5) is 0 Å². The van der Waals surface area contributed by atoms with Gasteiger partial charge in [0.05, 0.1) is 5.54 Å². The summed E-state index contributed by atoms with van der Waals surface area (Å²) in [5.74, 6) is 1.61. The van der Waals surface area contributed by atoms with Crippen molar-refractivity contribution in [1.29, 1.82) is 0 Å². The van der Waals surface area contributed by atoms with Crippen LogP contribution < -0.4 is 10.5 Å². The summed E-state index contributed by atoms with van der Waals surface area (Å²) in [6.45, 7) is 3.85. The van der Waals surface area contributed by atoms with Crippen LogP contribution in [0.5, 0.6) is 5.75 Å². The SMILES string of the molecule is CC(C)(N)c1noc(COc2cccc(Br)c2)n1. The summed E-state index contributed by atoms with van der Waals surface area (Å²) in [5, 5.41) is 3.82. The maximum atomic E-state index is 5.87. The van der Waals surface area contributed by atoms with Crippen molar-refractivity contribution >= 4 is 15.9 Å². The van der Waals surface area contributed by atoms with Crippen molar-refractivity contribution in [3.8, 4) is 5.75 Å². The van der Waals surface area contributed by atoms with Crippen LogP contribution in [-0.4, -0.2) is 10.1 Å². The number of hydrogen-bond donors (Lipinski definition) is 1. The van der Waals surface area contributed by atoms with Gasteiger partial charge in [0.1, 0.15) is 5.75 Å². The molecule has 0 spiro atoms. The van der Waals surface area contributed by atoms with Gasteiger partial charge in [-0.15, -0.1) is 0 Å². The fourth-order valence-electron chi connectivity index (χ4n) is 1.28. The lowest BCUT2D eigenvalue weighted by Crippen LogP contribution is -2.30. The molecule has 2 aromatic rings. The molecule has 0 fully saturated rings. The number of rotatable bonds is 4. The molecule has 0 saturated heterocycles. The van der Waals surface area contributed by atoms with E-state index in [0.29, 0.717) is 11.7 Å². The summed E-state index contributed by atoms with van der Waals surface area (Å²) in [7, 11) is 0. The van der Waals surface area contributed by atoms with Crippen LogP contribution in [0.3, 0.4) is 0 Å². The van der Waals surface area contributed by atoms with Crippen LogP contribution in [0.1, 0.15) is 25.6 Å². The van der Waals surface area contributed by atoms with E-state index in [1.807, 2.05) is 38.1 Å². The van der Waals surface area contributed by atoms with Crippen LogP contribution in [0.2, 0.25) is 0 Å². The van der Waals surface area contributed by atoms with Gasteiger partial charge in [-0.25, -0.2) is 0 Å². The molecule has 0 amide bonds. The van der Waals surface area contributed by atoms with E-state index in [9.17, 15) is 0 Å². The Kier molecular flexibility index (Phi) is 3.68. The summed E-state index contributed by atoms with van der Waals surface area (Å²) in [4.78, 5) is 4.18. The van der Waals surface area contributed by atoms with E-state index in [4.69, 9.17) is 15.0 Å². The molecule has 0 aliphatic heterocycles. The molecular weight excluding hydrogens is 298 g/mol. The highest BCUT2D eigenvalue weighted by Gasteiger charge is 2.21. The minimum Gasteiger partial charge on any atom is -0.484 e. The van der Waals surface area contributed by atoms with Gasteiger partial charge in [-0.2, -0.15) is 4.98 Å². The molecule has 1 aromatic heterocycles. The Bertz CT molecular complexity index is 534. The number of halogens is 1. The molecule has 0 unspecified atom stereocenters. The second-order valence-corrected chi connectivity index (χ2v) is 5.40. The molecule has 96 valence electrons. The fraction of sp³-hybridized carbons (Fsp3) is 0.333. The Morgan fingerprint density at radius 3 is 2.83 bits per heavy atom. The first-order valence-electron chi connectivity index (χ1n) is 5.45. The lowest BCUT2D eigenvalue weighted by Gasteiger charge is -2.11. The molecule has 1 aromatic carbocycles. The van der Waals surface area contributed by atoms with Gasteiger partial charge in [-0.05, 0) is 32.0 Å². The second kappa shape index (κ2) is 5.07. The summed E-state index contributed by atoms with van der Waals surface area (Å²) < 4.78 is 11.6. The highest BCUT2D eigenvalue weighted by atomic mass is 79.9. The van der Waals surface area contributed by atoms with E-state index in [0.717, 1.165) is 10.2 Å². The van der Waals surface area contributed by atoms with Crippen LogP contribution in [0.25, 0.3) is 0 Å². The summed E-state index contributed by atoms with van der Waals surface area (Å²) in [6.07, 6.45) is 0. The Hall–Kier alpha value is -1.40. The number of nitrogens with two attached hydrogens (primary N) is 1. The highest BCUT2D eigenvalue weighted by Crippen LogP contribution is 2.19. The van der Waals surface area contributed by atoms with Crippen molar-refractivity contribution in [1.82, 2.24) is 10.1 Å². The van der Waals surface area contributed by atoms with Crippen LogP contribution in [0, 0.1) is 0 Å². The van der Waals surface area contributed by atoms with Crippen molar-refractivity contribution in [2.24, 2.45) is 5.73 Å². The van der Waals surface area contributed by atoms with Gasteiger partial charge in [0.2, 0.25) is 0 Å². The van der Waals surface area contributed by atoms with Gasteiger partial charge >= 0.3 is 0 Å². The van der Waals surface area contributed by atoms with E-state index in [2.05, 4.69) is 26.1 Å². The van der Waals surface area contributed by atoms with Crippen molar-refractivity contribution < 1.29 is 9.26 Å². The first-order chi connectivity index (χ1) is 8.45. The largest absolute Gasteiger partial charge is 0.484 e. The third kappa shape index (κ3) is 3.30. The molecule has 0 aliphatic rings. The van der Waals surface area contributed by atoms with Crippen molar-refractivity contribution in [3.63, 3.8) is 0 Å². The van der Waals surface area contributed by atoms with E-state index in [1.165, 1.54) is 0 Å². The number of aromatic nitrogens is 2. The second-order valence-electron chi connectivity index (χ2n) is 4.48. The standard InChI is InChI=1S/C12H14BrN3O2/c1-12(2,14)11-15-10(18-16-11)7-17-9-5-3-4-8(13)6-9/h3-6H,7,14H2,1-2H3. The van der Waals surface area contributed by atoms with Crippen molar-refractivity contribution in [3.05, 3.63) is 40.5 Å². The molecular formula is C12H14BrN3O2. The Morgan fingerprint density at radius 2 is 2.22 bits per heavy atom. The van der Waals surface area contributed by atoms with Gasteiger partial charge < -0.3 is 15.0 Å². The van der Waals surface area contributed by atoms with E-state index >= 15 is 0 Å². The topological polar surface area (TPSA) is 74.2 Å². The lowest BCUT2D eigenvalue weighted by atomic mass is 10.1. The summed E-state index contributed by atoms with van der Waals surface area (Å²) in [6, 6.07) is 7.54. The van der Waals surface area contributed by atoms with E-state index in [1.54, 1.807) is 0 Å². The maximum Gasteiger partial charge on any atom is 0.264 e. The predicted molar refractivity (Wildman–Crippen MR) is 70.0 cm³/mol. The molecule has 0 atom stereocenters. The Balaban J connectivity index is 2.01. The zero-order valence-electron chi connectivity index (χ0n) is 10.2. The average molecular weight is 312 g/mol. The molecule has 5 nitrogen and oxygen atoms in total. The predicted octanol–water partition coefficient (Wildman–Crippen LogP) is 2.60. The fourth-order valence-corrected chi connectivity index (χ4v) is 1.66. The minimum absolute atomic E-state index is 0.222. The number of ether oxygens (including phenoxy) is 1. The van der Waals surface area contributed by atoms with Crippen molar-refractivity contribution in [2.75, 3.05) is 0 Å². The molecule has 0 saturated carbocycles. The lowest BCUT2D eigenvalue weighted by molar-refractivity contribution is 0.241. The molecule has 0 aliphatic carbocycles. The van der Waals surface area contributed by atoms with Gasteiger partial charge in [-0.1, -0.05) is 27.2 Å². The smallest absolute Gasteiger partial charge is 0.264 e. The van der Waals surface area contributed by atoms with E-state index < -0.39 is 5.54 Å². The van der Waals surface area contributed by atoms with Crippen LogP contribution in [0.15, 0.2) is 33.3 Å². The Labute approximate surface area is 113 Å². The van der Waals surface area contributed by atoms with Gasteiger partial charge in [0.25, 0.3) is 5.89 Å². The Morgan fingerprint density at radius 1 is 1.44 bits per heavy atom. The molecule has 6 heteroatoms. The maximum absolute atomic E-state index is 5.87. The molecule has 1 heterocycles. The number of benzene rings is 1. The molecule has 0 bridgehead atoms. The first kappa shape index (κ1) is 13.0. The van der Waals surface area contributed by atoms with Gasteiger partial charge in [-0.3, -0.25) is 0 Å². The third-order valence-electron chi connectivity index (χ3n) is 2.20. The van der Waals surface area contributed by atoms with Crippen LogP contribution in [-0.2, 0) is 12.1 Å². The van der Waals surface area contributed by atoms with Crippen LogP contribution >= 0.6 is 15.9 Å². The summed E-state index contributed by atoms with van der Waals surface area (Å²) in [5.41, 5.74) is 5.25. The normalized spacial score (nSPS) is 11.6. The molecule has 2 N–H and O–H groups in total. The zero-order chi connectivity index (χ0) is 13.2. The molecule has 2 rings (SSSR count). The molecule has 18 heavy (non-hydrogen) atoms.